The van der Waals surface area contributed by atoms with Gasteiger partial charge in [-0.1, -0.05) is 12.1 Å². The van der Waals surface area contributed by atoms with E-state index in [0.717, 1.165) is 23.5 Å². The van der Waals surface area contributed by atoms with Gasteiger partial charge in [-0.3, -0.25) is 9.97 Å². The molecule has 0 atom stereocenters. The van der Waals surface area contributed by atoms with E-state index in [-0.39, 0.29) is 0 Å². The van der Waals surface area contributed by atoms with Crippen LogP contribution in [0.15, 0.2) is 36.7 Å². The molecule has 0 amide bonds. The van der Waals surface area contributed by atoms with Gasteiger partial charge in [-0.05, 0) is 24.6 Å². The molecule has 1 aromatic heterocycles. The maximum atomic E-state index is 8.69. The Balaban J connectivity index is 1.84. The van der Waals surface area contributed by atoms with E-state index in [9.17, 15) is 0 Å². The van der Waals surface area contributed by atoms with Crippen molar-refractivity contribution in [2.24, 2.45) is 0 Å². The van der Waals surface area contributed by atoms with Crippen molar-refractivity contribution in [2.75, 3.05) is 0 Å². The highest BCUT2D eigenvalue weighted by molar-refractivity contribution is 5.31. The van der Waals surface area contributed by atoms with Crippen LogP contribution in [0, 0.1) is 18.3 Å². The summed E-state index contributed by atoms with van der Waals surface area (Å²) in [5.41, 5.74) is 3.68. The van der Waals surface area contributed by atoms with Crippen molar-refractivity contribution in [1.29, 1.82) is 5.26 Å². The molecule has 18 heavy (non-hydrogen) atoms. The molecule has 4 heteroatoms. The SMILES string of the molecule is Cc1cnc(CNCc2ccc(C#N)cc2)cn1. The quantitative estimate of drug-likeness (QED) is 0.884. The highest BCUT2D eigenvalue weighted by atomic mass is 14.9. The maximum Gasteiger partial charge on any atom is 0.0991 e. The van der Waals surface area contributed by atoms with E-state index in [1.165, 1.54) is 0 Å². The third kappa shape index (κ3) is 3.37. The normalized spacial score (nSPS) is 10.0. The van der Waals surface area contributed by atoms with Gasteiger partial charge in [0.2, 0.25) is 0 Å². The summed E-state index contributed by atoms with van der Waals surface area (Å²) in [7, 11) is 0. The molecular formula is C14H14N4. The molecule has 90 valence electrons. The van der Waals surface area contributed by atoms with E-state index in [1.807, 2.05) is 31.2 Å². The van der Waals surface area contributed by atoms with E-state index >= 15 is 0 Å². The first-order valence-electron chi connectivity index (χ1n) is 5.75. The summed E-state index contributed by atoms with van der Waals surface area (Å²) in [6, 6.07) is 9.65. The highest BCUT2D eigenvalue weighted by Gasteiger charge is 1.96. The van der Waals surface area contributed by atoms with Crippen molar-refractivity contribution in [2.45, 2.75) is 20.0 Å². The van der Waals surface area contributed by atoms with Crippen LogP contribution in [-0.2, 0) is 13.1 Å². The molecule has 0 unspecified atom stereocenters. The molecule has 0 bridgehead atoms. The van der Waals surface area contributed by atoms with E-state index in [4.69, 9.17) is 5.26 Å². The number of hydrogen-bond acceptors (Lipinski definition) is 4. The van der Waals surface area contributed by atoms with Crippen LogP contribution in [0.3, 0.4) is 0 Å². The van der Waals surface area contributed by atoms with E-state index in [1.54, 1.807) is 12.4 Å². The van der Waals surface area contributed by atoms with E-state index in [2.05, 4.69) is 21.4 Å². The molecule has 0 spiro atoms. The van der Waals surface area contributed by atoms with Crippen molar-refractivity contribution in [1.82, 2.24) is 15.3 Å². The summed E-state index contributed by atoms with van der Waals surface area (Å²) in [5, 5.41) is 12.0. The standard InChI is InChI=1S/C14H14N4/c1-11-7-18-14(10-17-11)9-16-8-13-4-2-12(6-15)3-5-13/h2-5,7,10,16H,8-9H2,1H3. The van der Waals surface area contributed by atoms with Crippen LogP contribution in [0.2, 0.25) is 0 Å². The van der Waals surface area contributed by atoms with Crippen molar-refractivity contribution in [3.63, 3.8) is 0 Å². The molecule has 0 saturated carbocycles. The first-order valence-corrected chi connectivity index (χ1v) is 5.75. The minimum Gasteiger partial charge on any atom is -0.307 e. The molecule has 0 aliphatic heterocycles. The van der Waals surface area contributed by atoms with Crippen LogP contribution in [-0.4, -0.2) is 9.97 Å². The summed E-state index contributed by atoms with van der Waals surface area (Å²) in [4.78, 5) is 8.46. The monoisotopic (exact) mass is 238 g/mol. The Hall–Kier alpha value is -2.25. The van der Waals surface area contributed by atoms with Gasteiger partial charge in [-0.15, -0.1) is 0 Å². The maximum absolute atomic E-state index is 8.69. The molecule has 0 saturated heterocycles. The Morgan fingerprint density at radius 1 is 1.11 bits per heavy atom. The number of rotatable bonds is 4. The zero-order valence-electron chi connectivity index (χ0n) is 10.2. The zero-order chi connectivity index (χ0) is 12.8. The van der Waals surface area contributed by atoms with Crippen LogP contribution in [0.25, 0.3) is 0 Å². The van der Waals surface area contributed by atoms with Gasteiger partial charge in [0, 0.05) is 25.5 Å². The van der Waals surface area contributed by atoms with Gasteiger partial charge in [0.25, 0.3) is 0 Å². The first kappa shape index (κ1) is 12.2. The Labute approximate surface area is 106 Å². The summed E-state index contributed by atoms with van der Waals surface area (Å²) in [6.45, 7) is 3.36. The summed E-state index contributed by atoms with van der Waals surface area (Å²) >= 11 is 0. The highest BCUT2D eigenvalue weighted by Crippen LogP contribution is 2.03. The average Bonchev–Trinajstić information content (AvgIpc) is 2.42. The largest absolute Gasteiger partial charge is 0.307 e. The predicted octanol–water partition coefficient (Wildman–Crippen LogP) is 1.95. The van der Waals surface area contributed by atoms with Gasteiger partial charge in [0.1, 0.15) is 0 Å². The summed E-state index contributed by atoms with van der Waals surface area (Å²) < 4.78 is 0. The van der Waals surface area contributed by atoms with Gasteiger partial charge in [0.15, 0.2) is 0 Å². The second kappa shape index (κ2) is 5.89. The molecule has 4 nitrogen and oxygen atoms in total. The Kier molecular flexibility index (Phi) is 4.00. The third-order valence-electron chi connectivity index (χ3n) is 2.55. The van der Waals surface area contributed by atoms with Gasteiger partial charge < -0.3 is 5.32 Å². The lowest BCUT2D eigenvalue weighted by molar-refractivity contribution is 0.676. The molecule has 0 radical (unpaired) electrons. The van der Waals surface area contributed by atoms with Crippen molar-refractivity contribution in [3.05, 3.63) is 59.2 Å². The van der Waals surface area contributed by atoms with Crippen LogP contribution >= 0.6 is 0 Å². The number of nitrogens with one attached hydrogen (secondary N) is 1. The van der Waals surface area contributed by atoms with Crippen LogP contribution < -0.4 is 5.32 Å². The van der Waals surface area contributed by atoms with Gasteiger partial charge >= 0.3 is 0 Å². The molecule has 0 fully saturated rings. The fourth-order valence-electron chi connectivity index (χ4n) is 1.54. The van der Waals surface area contributed by atoms with Crippen LogP contribution in [0.1, 0.15) is 22.5 Å². The van der Waals surface area contributed by atoms with Gasteiger partial charge in [0.05, 0.1) is 23.0 Å². The second-order valence-corrected chi connectivity index (χ2v) is 4.06. The lowest BCUT2D eigenvalue weighted by Crippen LogP contribution is -2.13. The zero-order valence-corrected chi connectivity index (χ0v) is 10.2. The minimum absolute atomic E-state index is 0.683. The van der Waals surface area contributed by atoms with Crippen molar-refractivity contribution in [3.8, 4) is 6.07 Å². The average molecular weight is 238 g/mol. The van der Waals surface area contributed by atoms with E-state index < -0.39 is 0 Å². The predicted molar refractivity (Wildman–Crippen MR) is 68.5 cm³/mol. The van der Waals surface area contributed by atoms with Crippen molar-refractivity contribution >= 4 is 0 Å². The third-order valence-corrected chi connectivity index (χ3v) is 2.55. The number of nitrogens with zero attached hydrogens (tertiary/aromatic N) is 3. The summed E-state index contributed by atoms with van der Waals surface area (Å²) in [6.07, 6.45) is 3.54. The molecule has 0 aliphatic rings. The van der Waals surface area contributed by atoms with Crippen LogP contribution in [0.5, 0.6) is 0 Å². The minimum atomic E-state index is 0.683. The molecule has 1 heterocycles. The molecular weight excluding hydrogens is 224 g/mol. The lowest BCUT2D eigenvalue weighted by atomic mass is 10.1. The lowest BCUT2D eigenvalue weighted by Gasteiger charge is -2.04. The molecule has 0 aliphatic carbocycles. The number of aryl methyl sites for hydroxylation is 1. The molecule has 1 N–H and O–H groups in total. The fraction of sp³-hybridized carbons (Fsp3) is 0.214. The summed E-state index contributed by atoms with van der Waals surface area (Å²) in [5.74, 6) is 0. The van der Waals surface area contributed by atoms with Gasteiger partial charge in [-0.25, -0.2) is 0 Å². The first-order chi connectivity index (χ1) is 8.78. The Morgan fingerprint density at radius 3 is 2.50 bits per heavy atom. The smallest absolute Gasteiger partial charge is 0.0991 e. The number of benzene rings is 1. The van der Waals surface area contributed by atoms with Gasteiger partial charge in [-0.2, -0.15) is 5.26 Å². The van der Waals surface area contributed by atoms with E-state index in [0.29, 0.717) is 12.1 Å². The van der Waals surface area contributed by atoms with Crippen molar-refractivity contribution < 1.29 is 0 Å². The number of nitriles is 1. The van der Waals surface area contributed by atoms with Crippen LogP contribution in [0.4, 0.5) is 0 Å². The Bertz CT molecular complexity index is 538. The molecule has 2 aromatic rings. The topological polar surface area (TPSA) is 61.6 Å². The Morgan fingerprint density at radius 2 is 1.89 bits per heavy atom. The number of aromatic nitrogens is 2. The molecule has 1 aromatic carbocycles. The second-order valence-electron chi connectivity index (χ2n) is 4.06. The fourth-order valence-corrected chi connectivity index (χ4v) is 1.54. The molecule has 2 rings (SSSR count). The number of hydrogen-bond donors (Lipinski definition) is 1.